The normalized spacial score (nSPS) is 23.3. The summed E-state index contributed by atoms with van der Waals surface area (Å²) in [4.78, 5) is 9.87. The van der Waals surface area contributed by atoms with Gasteiger partial charge in [-0.25, -0.2) is 4.98 Å². The van der Waals surface area contributed by atoms with E-state index in [4.69, 9.17) is 0 Å². The Hall–Kier alpha value is -3.00. The average Bonchev–Trinajstić information content (AvgIpc) is 3.41. The third kappa shape index (κ3) is 5.81. The summed E-state index contributed by atoms with van der Waals surface area (Å²) >= 11 is 0. The minimum absolute atomic E-state index is 0.291. The van der Waals surface area contributed by atoms with Crippen molar-refractivity contribution in [3.05, 3.63) is 66.6 Å². The molecule has 1 aliphatic heterocycles. The number of H-pyrrole nitrogens is 1. The molecular weight excluding hydrogens is 451 g/mol. The van der Waals surface area contributed by atoms with E-state index < -0.39 is 11.7 Å². The number of benzene rings is 1. The van der Waals surface area contributed by atoms with Crippen LogP contribution in [0.5, 0.6) is 0 Å². The molecule has 0 bridgehead atoms. The number of aromatic nitrogens is 2. The van der Waals surface area contributed by atoms with E-state index in [1.807, 2.05) is 24.7 Å². The molecule has 3 unspecified atom stereocenters. The van der Waals surface area contributed by atoms with Gasteiger partial charge < -0.3 is 20.5 Å². The van der Waals surface area contributed by atoms with E-state index in [1.54, 1.807) is 12.1 Å². The molecule has 3 atom stereocenters. The predicted octanol–water partition coefficient (Wildman–Crippen LogP) is 6.08. The number of anilines is 2. The van der Waals surface area contributed by atoms with Gasteiger partial charge in [0, 0.05) is 55.5 Å². The molecule has 2 aliphatic rings. The fourth-order valence-electron chi connectivity index (χ4n) is 5.40. The lowest BCUT2D eigenvalue weighted by molar-refractivity contribution is -0.137. The molecule has 2 aromatic heterocycles. The van der Waals surface area contributed by atoms with Crippen molar-refractivity contribution >= 4 is 11.5 Å². The molecule has 3 aromatic rings. The van der Waals surface area contributed by atoms with E-state index in [-0.39, 0.29) is 0 Å². The van der Waals surface area contributed by atoms with Crippen LogP contribution in [0.4, 0.5) is 24.7 Å². The molecule has 1 saturated heterocycles. The number of pyridine rings is 1. The summed E-state index contributed by atoms with van der Waals surface area (Å²) in [6, 6.07) is 12.7. The van der Waals surface area contributed by atoms with Gasteiger partial charge in [0.1, 0.15) is 5.82 Å². The van der Waals surface area contributed by atoms with Crippen molar-refractivity contribution in [3.63, 3.8) is 0 Å². The van der Waals surface area contributed by atoms with Crippen LogP contribution >= 0.6 is 0 Å². The second-order valence-electron chi connectivity index (χ2n) is 9.67. The molecule has 5 rings (SSSR count). The first kappa shape index (κ1) is 23.7. The number of nitrogens with one attached hydrogen (secondary N) is 3. The van der Waals surface area contributed by atoms with Crippen molar-refractivity contribution in [2.24, 2.45) is 0 Å². The fourth-order valence-corrected chi connectivity index (χ4v) is 5.40. The van der Waals surface area contributed by atoms with Gasteiger partial charge in [0.15, 0.2) is 0 Å². The van der Waals surface area contributed by atoms with E-state index in [1.165, 1.54) is 25.0 Å². The number of alkyl halides is 3. The third-order valence-electron chi connectivity index (χ3n) is 7.22. The van der Waals surface area contributed by atoms with Crippen LogP contribution in [0, 0.1) is 0 Å². The molecule has 1 aromatic carbocycles. The topological polar surface area (TPSA) is 56.0 Å². The maximum absolute atomic E-state index is 12.9. The fraction of sp³-hybridized carbons (Fsp3) is 0.444. The number of hydrogen-bond donors (Lipinski definition) is 3. The summed E-state index contributed by atoms with van der Waals surface area (Å²) in [7, 11) is 0. The Balaban J connectivity index is 1.22. The molecule has 2 fully saturated rings. The molecule has 186 valence electrons. The Labute approximate surface area is 204 Å². The van der Waals surface area contributed by atoms with E-state index in [2.05, 4.69) is 37.6 Å². The van der Waals surface area contributed by atoms with Crippen molar-refractivity contribution in [1.82, 2.24) is 15.3 Å². The number of aromatic amines is 1. The van der Waals surface area contributed by atoms with Crippen LogP contribution in [0.25, 0.3) is 11.1 Å². The summed E-state index contributed by atoms with van der Waals surface area (Å²) in [5.41, 5.74) is 2.52. The van der Waals surface area contributed by atoms with Gasteiger partial charge in [0.05, 0.1) is 5.56 Å². The Morgan fingerprint density at radius 2 is 1.71 bits per heavy atom. The van der Waals surface area contributed by atoms with Crippen molar-refractivity contribution in [2.75, 3.05) is 23.3 Å². The van der Waals surface area contributed by atoms with E-state index in [9.17, 15) is 13.2 Å². The van der Waals surface area contributed by atoms with Crippen LogP contribution in [0.15, 0.2) is 61.1 Å². The first-order valence-electron chi connectivity index (χ1n) is 12.5. The minimum Gasteiger partial charge on any atom is -0.370 e. The standard InChI is InChI=1S/C27H32F3N5/c28-27(29,30)21-7-9-23(10-8-21)35-15-3-4-22(18-35)33-24-5-1-2-6-25(24)34-26-16-19(12-14-32-26)20-11-13-31-17-20/h7-14,16-17,22,24-25,31,33H,1-6,15,18H2,(H,32,34). The molecule has 1 aliphatic carbocycles. The van der Waals surface area contributed by atoms with Crippen LogP contribution < -0.4 is 15.5 Å². The molecule has 0 amide bonds. The Kier molecular flexibility index (Phi) is 7.00. The van der Waals surface area contributed by atoms with Crippen LogP contribution in [0.2, 0.25) is 0 Å². The van der Waals surface area contributed by atoms with Gasteiger partial charge in [0.25, 0.3) is 0 Å². The maximum Gasteiger partial charge on any atom is 0.416 e. The first-order chi connectivity index (χ1) is 17.0. The number of rotatable bonds is 6. The number of nitrogens with zero attached hydrogens (tertiary/aromatic N) is 2. The highest BCUT2D eigenvalue weighted by atomic mass is 19.4. The first-order valence-corrected chi connectivity index (χ1v) is 12.5. The Morgan fingerprint density at radius 3 is 2.46 bits per heavy atom. The summed E-state index contributed by atoms with van der Waals surface area (Å²) in [6.07, 6.45) is 8.11. The van der Waals surface area contributed by atoms with Crippen LogP contribution in [-0.4, -0.2) is 41.2 Å². The molecule has 3 N–H and O–H groups in total. The quantitative estimate of drug-likeness (QED) is 0.398. The van der Waals surface area contributed by atoms with E-state index in [0.29, 0.717) is 18.1 Å². The molecule has 0 radical (unpaired) electrons. The molecule has 5 nitrogen and oxygen atoms in total. The molecular formula is C27H32F3N5. The van der Waals surface area contributed by atoms with Gasteiger partial charge in [-0.2, -0.15) is 13.2 Å². The van der Waals surface area contributed by atoms with E-state index in [0.717, 1.165) is 61.4 Å². The molecule has 0 spiro atoms. The van der Waals surface area contributed by atoms with Gasteiger partial charge in [-0.3, -0.25) is 0 Å². The highest BCUT2D eigenvalue weighted by molar-refractivity contribution is 5.65. The summed E-state index contributed by atoms with van der Waals surface area (Å²) < 4.78 is 38.8. The van der Waals surface area contributed by atoms with Gasteiger partial charge in [0.2, 0.25) is 0 Å². The lowest BCUT2D eigenvalue weighted by Gasteiger charge is -2.40. The minimum atomic E-state index is -4.30. The summed E-state index contributed by atoms with van der Waals surface area (Å²) in [5, 5.41) is 7.57. The Morgan fingerprint density at radius 1 is 0.914 bits per heavy atom. The van der Waals surface area contributed by atoms with Gasteiger partial charge in [-0.15, -0.1) is 0 Å². The van der Waals surface area contributed by atoms with Crippen LogP contribution in [0.1, 0.15) is 44.1 Å². The molecule has 35 heavy (non-hydrogen) atoms. The van der Waals surface area contributed by atoms with Crippen LogP contribution in [0.3, 0.4) is 0 Å². The monoisotopic (exact) mass is 483 g/mol. The zero-order valence-electron chi connectivity index (χ0n) is 19.7. The summed E-state index contributed by atoms with van der Waals surface area (Å²) in [5.74, 6) is 0.887. The molecule has 1 saturated carbocycles. The lowest BCUT2D eigenvalue weighted by Crippen LogP contribution is -2.55. The summed E-state index contributed by atoms with van der Waals surface area (Å²) in [6.45, 7) is 1.67. The predicted molar refractivity (Wildman–Crippen MR) is 134 cm³/mol. The molecule has 3 heterocycles. The average molecular weight is 484 g/mol. The smallest absolute Gasteiger partial charge is 0.370 e. The zero-order valence-corrected chi connectivity index (χ0v) is 19.7. The van der Waals surface area contributed by atoms with Crippen LogP contribution in [-0.2, 0) is 6.18 Å². The SMILES string of the molecule is FC(F)(F)c1ccc(N2CCCC(NC3CCCCC3Nc3cc(-c4cc[nH]c4)ccn3)C2)cc1. The lowest BCUT2D eigenvalue weighted by atomic mass is 9.89. The third-order valence-corrected chi connectivity index (χ3v) is 7.22. The second-order valence-corrected chi connectivity index (χ2v) is 9.67. The highest BCUT2D eigenvalue weighted by Crippen LogP contribution is 2.31. The molecule has 8 heteroatoms. The van der Waals surface area contributed by atoms with Crippen molar-refractivity contribution in [3.8, 4) is 11.1 Å². The number of piperidine rings is 1. The van der Waals surface area contributed by atoms with E-state index >= 15 is 0 Å². The number of hydrogen-bond acceptors (Lipinski definition) is 4. The number of halogens is 3. The zero-order chi connectivity index (χ0) is 24.3. The Bertz CT molecular complexity index is 1080. The second kappa shape index (κ2) is 10.3. The highest BCUT2D eigenvalue weighted by Gasteiger charge is 2.31. The maximum atomic E-state index is 12.9. The largest absolute Gasteiger partial charge is 0.416 e. The van der Waals surface area contributed by atoms with Crippen molar-refractivity contribution < 1.29 is 13.2 Å². The van der Waals surface area contributed by atoms with Gasteiger partial charge in [-0.05, 0) is 79.3 Å². The van der Waals surface area contributed by atoms with Crippen molar-refractivity contribution in [1.29, 1.82) is 0 Å². The van der Waals surface area contributed by atoms with Gasteiger partial charge >= 0.3 is 6.18 Å². The van der Waals surface area contributed by atoms with Gasteiger partial charge in [-0.1, -0.05) is 12.8 Å². The van der Waals surface area contributed by atoms with Crippen molar-refractivity contribution in [2.45, 2.75) is 62.8 Å².